The molecule has 0 saturated carbocycles. The van der Waals surface area contributed by atoms with E-state index in [0.29, 0.717) is 0 Å². The Kier molecular flexibility index (Phi) is 14.0. The van der Waals surface area contributed by atoms with Crippen LogP contribution in [0.3, 0.4) is 0 Å². The third-order valence-electron chi connectivity index (χ3n) is 4.01. The highest BCUT2D eigenvalue weighted by atomic mass is 31.2. The molecule has 0 aromatic heterocycles. The van der Waals surface area contributed by atoms with Crippen LogP contribution >= 0.6 is 7.47 Å². The van der Waals surface area contributed by atoms with Gasteiger partial charge in [0.15, 0.2) is 0 Å². The molecule has 0 heterocycles. The third kappa shape index (κ3) is 16.4. The van der Waals surface area contributed by atoms with Crippen molar-refractivity contribution in [1.29, 1.82) is 0 Å². The smallest absolute Gasteiger partial charge is 0.275 e. The molecule has 0 fully saturated rings. The second-order valence-corrected chi connectivity index (χ2v) is 7.73. The van der Waals surface area contributed by atoms with Crippen molar-refractivity contribution < 1.29 is 14.4 Å². The fraction of sp³-hybridized carbons (Fsp3) is 1.00. The molecule has 3 nitrogen and oxygen atoms in total. The van der Waals surface area contributed by atoms with Crippen molar-refractivity contribution in [2.75, 3.05) is 0 Å². The van der Waals surface area contributed by atoms with E-state index in [-0.39, 0.29) is 5.82 Å². The number of unbranched alkanes of at least 4 members (excludes halogenated alkanes) is 9. The molecule has 0 aromatic rings. The van der Waals surface area contributed by atoms with Crippen LogP contribution in [0, 0.1) is 0 Å². The minimum Gasteiger partial charge on any atom is -0.333 e. The minimum absolute atomic E-state index is 0.0960. The second-order valence-electron chi connectivity index (χ2n) is 6.26. The molecule has 0 spiro atoms. The van der Waals surface area contributed by atoms with Crippen LogP contribution in [-0.4, -0.2) is 16.8 Å². The van der Waals surface area contributed by atoms with Crippen LogP contribution in [0.1, 0.15) is 97.3 Å². The van der Waals surface area contributed by atoms with Gasteiger partial charge in [0.1, 0.15) is 0 Å². The van der Waals surface area contributed by atoms with Crippen LogP contribution in [0.4, 0.5) is 0 Å². The van der Waals surface area contributed by atoms with E-state index in [9.17, 15) is 4.57 Å². The summed E-state index contributed by atoms with van der Waals surface area (Å²) in [4.78, 5) is 18.3. The summed E-state index contributed by atoms with van der Waals surface area (Å²) in [5.41, 5.74) is 0. The lowest BCUT2D eigenvalue weighted by Crippen LogP contribution is -2.05. The topological polar surface area (TPSA) is 57.5 Å². The zero-order valence-electron chi connectivity index (χ0n) is 14.1. The van der Waals surface area contributed by atoms with Gasteiger partial charge in [-0.2, -0.15) is 0 Å². The summed E-state index contributed by atoms with van der Waals surface area (Å²) in [7, 11) is -3.97. The van der Waals surface area contributed by atoms with E-state index >= 15 is 0 Å². The lowest BCUT2D eigenvalue weighted by molar-refractivity contribution is 0.392. The zero-order chi connectivity index (χ0) is 16.0. The molecule has 0 rings (SSSR count). The fourth-order valence-electron chi connectivity index (χ4n) is 2.76. The van der Waals surface area contributed by atoms with Crippen molar-refractivity contribution in [3.8, 4) is 0 Å². The van der Waals surface area contributed by atoms with Crippen LogP contribution in [0.25, 0.3) is 0 Å². The van der Waals surface area contributed by atoms with Gasteiger partial charge in [0.25, 0.3) is 14.5 Å². The molecule has 0 aliphatic carbocycles. The minimum atomic E-state index is -3.97. The number of hydrogen-bond donors (Lipinski definition) is 2. The maximum atomic E-state index is 11.2. The standard InChI is InChI=1S/C16H35BO3P/c1-3-5-7-9-11-13-15-16(17-21(18,19)20)14-12-10-8-6-4-2/h16H,3-15H2,1-2H3,(H2,18,19,20). The van der Waals surface area contributed by atoms with Gasteiger partial charge in [-0.05, 0) is 0 Å². The highest BCUT2D eigenvalue weighted by Crippen LogP contribution is 2.40. The quantitative estimate of drug-likeness (QED) is 0.232. The van der Waals surface area contributed by atoms with E-state index in [1.54, 1.807) is 0 Å². The number of hydrogen-bond acceptors (Lipinski definition) is 1. The van der Waals surface area contributed by atoms with Crippen molar-refractivity contribution in [3.05, 3.63) is 0 Å². The molecule has 1 unspecified atom stereocenters. The molecule has 0 aliphatic rings. The number of rotatable bonds is 15. The summed E-state index contributed by atoms with van der Waals surface area (Å²) in [6.07, 6.45) is 15.3. The molecule has 1 radical (unpaired) electrons. The van der Waals surface area contributed by atoms with Crippen molar-refractivity contribution in [2.24, 2.45) is 0 Å². The van der Waals surface area contributed by atoms with Crippen molar-refractivity contribution in [1.82, 2.24) is 0 Å². The Bertz CT molecular complexity index is 268. The Labute approximate surface area is 132 Å². The lowest BCUT2D eigenvalue weighted by Gasteiger charge is -2.16. The van der Waals surface area contributed by atoms with E-state index in [4.69, 9.17) is 9.79 Å². The first kappa shape index (κ1) is 21.2. The van der Waals surface area contributed by atoms with E-state index in [1.165, 1.54) is 64.8 Å². The van der Waals surface area contributed by atoms with Gasteiger partial charge < -0.3 is 9.79 Å². The van der Waals surface area contributed by atoms with Crippen molar-refractivity contribution >= 4 is 14.5 Å². The van der Waals surface area contributed by atoms with Gasteiger partial charge in [-0.15, -0.1) is 0 Å². The van der Waals surface area contributed by atoms with E-state index in [1.807, 2.05) is 0 Å². The summed E-state index contributed by atoms with van der Waals surface area (Å²) in [6.45, 7) is 5.71. The normalized spacial score (nSPS) is 13.3. The van der Waals surface area contributed by atoms with E-state index in [0.717, 1.165) is 25.7 Å². The molecule has 2 N–H and O–H groups in total. The molecule has 0 bridgehead atoms. The van der Waals surface area contributed by atoms with Crippen LogP contribution < -0.4 is 0 Å². The summed E-state index contributed by atoms with van der Waals surface area (Å²) in [5.74, 6) is 0.0960. The van der Waals surface area contributed by atoms with Gasteiger partial charge >= 0.3 is 0 Å². The molecular weight excluding hydrogens is 282 g/mol. The predicted molar refractivity (Wildman–Crippen MR) is 92.9 cm³/mol. The third-order valence-corrected chi connectivity index (χ3v) is 4.82. The van der Waals surface area contributed by atoms with Gasteiger partial charge in [0, 0.05) is 0 Å². The zero-order valence-corrected chi connectivity index (χ0v) is 15.0. The van der Waals surface area contributed by atoms with E-state index < -0.39 is 7.47 Å². The van der Waals surface area contributed by atoms with E-state index in [2.05, 4.69) is 13.8 Å². The Morgan fingerprint density at radius 3 is 1.52 bits per heavy atom. The molecule has 5 heteroatoms. The van der Waals surface area contributed by atoms with Crippen LogP contribution in [-0.2, 0) is 4.57 Å². The molecule has 0 saturated heterocycles. The monoisotopic (exact) mass is 317 g/mol. The van der Waals surface area contributed by atoms with Crippen LogP contribution in [0.15, 0.2) is 0 Å². The predicted octanol–water partition coefficient (Wildman–Crippen LogP) is 5.68. The maximum absolute atomic E-state index is 11.2. The Morgan fingerprint density at radius 2 is 1.14 bits per heavy atom. The lowest BCUT2D eigenvalue weighted by atomic mass is 9.77. The first-order chi connectivity index (χ1) is 9.99. The Morgan fingerprint density at radius 1 is 0.762 bits per heavy atom. The second kappa shape index (κ2) is 13.8. The first-order valence-corrected chi connectivity index (χ1v) is 10.6. The van der Waals surface area contributed by atoms with Gasteiger partial charge in [0.2, 0.25) is 0 Å². The van der Waals surface area contributed by atoms with Gasteiger partial charge in [0.05, 0.1) is 0 Å². The van der Waals surface area contributed by atoms with Gasteiger partial charge in [-0.3, -0.25) is 4.57 Å². The van der Waals surface area contributed by atoms with Gasteiger partial charge in [-0.1, -0.05) is 103 Å². The first-order valence-electron chi connectivity index (χ1n) is 8.90. The average molecular weight is 317 g/mol. The summed E-state index contributed by atoms with van der Waals surface area (Å²) in [5, 5.41) is 0. The summed E-state index contributed by atoms with van der Waals surface area (Å²) in [6, 6.07) is 0. The van der Waals surface area contributed by atoms with Gasteiger partial charge in [-0.25, -0.2) is 0 Å². The van der Waals surface area contributed by atoms with Crippen LogP contribution in [0.2, 0.25) is 5.82 Å². The fourth-order valence-corrected chi connectivity index (χ4v) is 3.61. The summed E-state index contributed by atoms with van der Waals surface area (Å²) < 4.78 is 11.2. The average Bonchev–Trinajstić information content (AvgIpc) is 2.40. The molecule has 0 aromatic carbocycles. The molecule has 1 atom stereocenters. The van der Waals surface area contributed by atoms with Crippen molar-refractivity contribution in [2.45, 2.75) is 103 Å². The summed E-state index contributed by atoms with van der Waals surface area (Å²) >= 11 is 0. The maximum Gasteiger partial charge on any atom is 0.275 e. The molecular formula is C16H35BO3P. The highest BCUT2D eigenvalue weighted by molar-refractivity contribution is 7.82. The largest absolute Gasteiger partial charge is 0.333 e. The Balaban J connectivity index is 3.84. The van der Waals surface area contributed by atoms with Crippen molar-refractivity contribution in [3.63, 3.8) is 0 Å². The molecule has 125 valence electrons. The van der Waals surface area contributed by atoms with Crippen LogP contribution in [0.5, 0.6) is 0 Å². The molecule has 21 heavy (non-hydrogen) atoms. The Hall–Kier alpha value is 0.215. The SMILES string of the molecule is CCCCCCCCC([B]P(=O)(O)O)CCCCCCC. The molecule has 0 amide bonds. The molecule has 0 aliphatic heterocycles. The highest BCUT2D eigenvalue weighted by Gasteiger charge is 2.23.